The summed E-state index contributed by atoms with van der Waals surface area (Å²) in [7, 11) is 0. The van der Waals surface area contributed by atoms with Crippen molar-refractivity contribution in [2.75, 3.05) is 39.4 Å². The molecule has 2 aliphatic rings. The third kappa shape index (κ3) is 4.22. The molecule has 4 rings (SSSR count). The lowest BCUT2D eigenvalue weighted by Gasteiger charge is -2.29. The van der Waals surface area contributed by atoms with Crippen molar-refractivity contribution in [2.24, 2.45) is 0 Å². The van der Waals surface area contributed by atoms with Crippen LogP contribution in [-0.2, 0) is 14.3 Å². The second-order valence-corrected chi connectivity index (χ2v) is 7.63. The van der Waals surface area contributed by atoms with Gasteiger partial charge in [-0.25, -0.2) is 8.78 Å². The summed E-state index contributed by atoms with van der Waals surface area (Å²) in [5.74, 6) is -3.20. The molecular formula is C23H23F2N2O4+. The number of hydrogen-bond acceptors (Lipinski definition) is 4. The van der Waals surface area contributed by atoms with Crippen molar-refractivity contribution in [3.63, 3.8) is 0 Å². The molecule has 0 unspecified atom stereocenters. The number of rotatable bonds is 5. The van der Waals surface area contributed by atoms with E-state index in [4.69, 9.17) is 4.74 Å². The van der Waals surface area contributed by atoms with Crippen molar-refractivity contribution in [1.29, 1.82) is 0 Å². The molecule has 2 aliphatic heterocycles. The van der Waals surface area contributed by atoms with Gasteiger partial charge in [-0.2, -0.15) is 0 Å². The van der Waals surface area contributed by atoms with Gasteiger partial charge in [0.25, 0.3) is 11.7 Å². The molecule has 2 aromatic carbocycles. The fraction of sp³-hybridized carbons (Fsp3) is 0.304. The number of ether oxygens (including phenoxy) is 1. The average molecular weight is 429 g/mol. The van der Waals surface area contributed by atoms with Gasteiger partial charge in [0.1, 0.15) is 30.5 Å². The van der Waals surface area contributed by atoms with E-state index in [-0.39, 0.29) is 23.2 Å². The number of amides is 1. The second kappa shape index (κ2) is 8.95. The fourth-order valence-electron chi connectivity index (χ4n) is 4.08. The summed E-state index contributed by atoms with van der Waals surface area (Å²) >= 11 is 0. The number of carbonyl (C=O) groups excluding carboxylic acids is 2. The number of carbonyl (C=O) groups is 2. The largest absolute Gasteiger partial charge is 0.507 e. The number of aliphatic hydroxyl groups excluding tert-OH is 1. The van der Waals surface area contributed by atoms with Crippen LogP contribution in [0.5, 0.6) is 0 Å². The minimum atomic E-state index is -1.06. The molecule has 0 aromatic heterocycles. The molecule has 0 bridgehead atoms. The summed E-state index contributed by atoms with van der Waals surface area (Å²) in [5.41, 5.74) is 0.112. The zero-order chi connectivity index (χ0) is 22.0. The summed E-state index contributed by atoms with van der Waals surface area (Å²) in [4.78, 5) is 28.3. The first-order chi connectivity index (χ1) is 15.0. The van der Waals surface area contributed by atoms with Crippen LogP contribution in [0.15, 0.2) is 54.1 Å². The Balaban J connectivity index is 1.75. The maximum absolute atomic E-state index is 14.7. The lowest BCUT2D eigenvalue weighted by atomic mass is 9.95. The molecule has 1 atom stereocenters. The molecule has 162 valence electrons. The molecule has 2 N–H and O–H groups in total. The van der Waals surface area contributed by atoms with Gasteiger partial charge in [-0.3, -0.25) is 9.59 Å². The first kappa shape index (κ1) is 21.1. The Labute approximate surface area is 178 Å². The van der Waals surface area contributed by atoms with E-state index in [0.29, 0.717) is 19.8 Å². The van der Waals surface area contributed by atoms with Crippen LogP contribution in [0.25, 0.3) is 5.76 Å². The highest BCUT2D eigenvalue weighted by molar-refractivity contribution is 6.46. The zero-order valence-electron chi connectivity index (χ0n) is 16.8. The minimum Gasteiger partial charge on any atom is -0.507 e. The van der Waals surface area contributed by atoms with Gasteiger partial charge in [-0.1, -0.05) is 18.2 Å². The van der Waals surface area contributed by atoms with Crippen molar-refractivity contribution >= 4 is 17.4 Å². The number of hydrogen-bond donors (Lipinski definition) is 2. The van der Waals surface area contributed by atoms with E-state index >= 15 is 0 Å². The Hall–Kier alpha value is -3.10. The van der Waals surface area contributed by atoms with E-state index in [1.165, 1.54) is 40.1 Å². The van der Waals surface area contributed by atoms with Crippen molar-refractivity contribution in [1.82, 2.24) is 4.90 Å². The third-order valence-corrected chi connectivity index (χ3v) is 5.76. The number of benzene rings is 2. The Bertz CT molecular complexity index is 1020. The van der Waals surface area contributed by atoms with Gasteiger partial charge in [-0.15, -0.1) is 0 Å². The van der Waals surface area contributed by atoms with Crippen LogP contribution >= 0.6 is 0 Å². The van der Waals surface area contributed by atoms with Crippen molar-refractivity contribution in [3.05, 3.63) is 76.9 Å². The number of aliphatic hydroxyl groups is 1. The highest BCUT2D eigenvalue weighted by atomic mass is 19.1. The molecule has 2 saturated heterocycles. The van der Waals surface area contributed by atoms with Gasteiger partial charge >= 0.3 is 0 Å². The number of nitrogens with one attached hydrogen (secondary N) is 1. The van der Waals surface area contributed by atoms with Crippen molar-refractivity contribution in [2.45, 2.75) is 6.04 Å². The van der Waals surface area contributed by atoms with E-state index < -0.39 is 35.1 Å². The van der Waals surface area contributed by atoms with Gasteiger partial charge in [0.15, 0.2) is 0 Å². The Morgan fingerprint density at radius 1 is 1.06 bits per heavy atom. The monoisotopic (exact) mass is 429 g/mol. The lowest BCUT2D eigenvalue weighted by molar-refractivity contribution is -0.907. The molecule has 2 aromatic rings. The molecule has 0 aliphatic carbocycles. The predicted octanol–water partition coefficient (Wildman–Crippen LogP) is 1.30. The first-order valence-corrected chi connectivity index (χ1v) is 10.2. The summed E-state index contributed by atoms with van der Waals surface area (Å²) in [6, 6.07) is 9.73. The molecule has 8 heteroatoms. The van der Waals surface area contributed by atoms with Crippen LogP contribution in [0.3, 0.4) is 0 Å². The molecular weight excluding hydrogens is 406 g/mol. The Kier molecular flexibility index (Phi) is 6.11. The first-order valence-electron chi connectivity index (χ1n) is 10.2. The molecule has 0 saturated carbocycles. The topological polar surface area (TPSA) is 71.3 Å². The van der Waals surface area contributed by atoms with Gasteiger partial charge in [0, 0.05) is 11.1 Å². The van der Waals surface area contributed by atoms with Crippen molar-refractivity contribution < 1.29 is 33.1 Å². The summed E-state index contributed by atoms with van der Waals surface area (Å²) in [6.45, 7) is 3.59. The van der Waals surface area contributed by atoms with E-state index in [9.17, 15) is 23.5 Å². The number of Topliss-reactive ketones (excluding diaryl/α,β-unsaturated/α-hetero) is 1. The summed E-state index contributed by atoms with van der Waals surface area (Å²) in [5, 5.41) is 10.9. The zero-order valence-corrected chi connectivity index (χ0v) is 16.8. The van der Waals surface area contributed by atoms with Crippen LogP contribution < -0.4 is 4.90 Å². The summed E-state index contributed by atoms with van der Waals surface area (Å²) in [6.07, 6.45) is 0. The molecule has 0 radical (unpaired) electrons. The van der Waals surface area contributed by atoms with E-state index in [1.807, 2.05) is 0 Å². The van der Waals surface area contributed by atoms with Gasteiger partial charge in [0.05, 0.1) is 37.9 Å². The van der Waals surface area contributed by atoms with Crippen LogP contribution in [0.1, 0.15) is 17.2 Å². The van der Waals surface area contributed by atoms with Crippen LogP contribution in [0.2, 0.25) is 0 Å². The van der Waals surface area contributed by atoms with E-state index in [0.717, 1.165) is 25.2 Å². The normalized spacial score (nSPS) is 21.6. The predicted molar refractivity (Wildman–Crippen MR) is 108 cm³/mol. The number of ketones is 1. The highest BCUT2D eigenvalue weighted by Gasteiger charge is 2.47. The quantitative estimate of drug-likeness (QED) is 0.427. The Morgan fingerprint density at radius 2 is 1.74 bits per heavy atom. The number of quaternary nitrogens is 1. The second-order valence-electron chi connectivity index (χ2n) is 7.63. The fourth-order valence-corrected chi connectivity index (χ4v) is 4.08. The third-order valence-electron chi connectivity index (χ3n) is 5.76. The SMILES string of the molecule is O=C1C(=O)N(CC[NH+]2CCOCC2)[C@@H](c2ccccc2F)C1=C(O)c1ccc(F)cc1. The smallest absolute Gasteiger partial charge is 0.295 e. The van der Waals surface area contributed by atoms with Gasteiger partial charge in [-0.05, 0) is 30.3 Å². The van der Waals surface area contributed by atoms with Crippen molar-refractivity contribution in [3.8, 4) is 0 Å². The van der Waals surface area contributed by atoms with Crippen LogP contribution in [0.4, 0.5) is 8.78 Å². The number of nitrogens with zero attached hydrogens (tertiary/aromatic N) is 1. The highest BCUT2D eigenvalue weighted by Crippen LogP contribution is 2.39. The molecule has 6 nitrogen and oxygen atoms in total. The lowest BCUT2D eigenvalue weighted by Crippen LogP contribution is -3.14. The van der Waals surface area contributed by atoms with E-state index in [2.05, 4.69) is 0 Å². The average Bonchev–Trinajstić information content (AvgIpc) is 3.03. The van der Waals surface area contributed by atoms with Crippen LogP contribution in [0, 0.1) is 11.6 Å². The summed E-state index contributed by atoms with van der Waals surface area (Å²) < 4.78 is 33.4. The number of halogens is 2. The maximum atomic E-state index is 14.7. The van der Waals surface area contributed by atoms with Crippen LogP contribution in [-0.4, -0.2) is 61.1 Å². The van der Waals surface area contributed by atoms with E-state index in [1.54, 1.807) is 6.07 Å². The Morgan fingerprint density at radius 3 is 2.42 bits per heavy atom. The molecule has 2 heterocycles. The molecule has 0 spiro atoms. The molecule has 2 fully saturated rings. The standard InChI is InChI=1S/C23H22F2N2O4/c24-16-7-5-15(6-8-16)21(28)19-20(17-3-1-2-4-18(17)25)27(23(30)22(19)29)10-9-26-11-13-31-14-12-26/h1-8,20,28H,9-14H2/p+1/t20-/m0/s1. The molecule has 31 heavy (non-hydrogen) atoms. The van der Waals surface area contributed by atoms with Gasteiger partial charge < -0.3 is 19.6 Å². The number of morpholine rings is 1. The number of likely N-dealkylation sites (tertiary alicyclic amines) is 1. The molecule has 1 amide bonds. The van der Waals surface area contributed by atoms with Gasteiger partial charge in [0.2, 0.25) is 0 Å². The maximum Gasteiger partial charge on any atom is 0.295 e. The minimum absolute atomic E-state index is 0.127.